The molecular formula is C10H16O2Si. The normalized spacial score (nSPS) is 15.1. The van der Waals surface area contributed by atoms with E-state index >= 15 is 0 Å². The fourth-order valence-electron chi connectivity index (χ4n) is 0.934. The minimum atomic E-state index is -1.20. The number of aliphatic hydroxyl groups excluding tert-OH is 1. The van der Waals surface area contributed by atoms with E-state index in [1.807, 2.05) is 6.08 Å². The molecule has 1 heterocycles. The number of hydrogen-bond donors (Lipinski definition) is 1. The lowest BCUT2D eigenvalue weighted by Gasteiger charge is -2.09. The zero-order valence-electron chi connectivity index (χ0n) is 8.32. The summed E-state index contributed by atoms with van der Waals surface area (Å²) in [6, 6.07) is 1.78. The third-order valence-electron chi connectivity index (χ3n) is 1.66. The van der Waals surface area contributed by atoms with Crippen LogP contribution in [0, 0.1) is 0 Å². The van der Waals surface area contributed by atoms with Gasteiger partial charge in [-0.25, -0.2) is 0 Å². The highest BCUT2D eigenvalue weighted by Gasteiger charge is 2.10. The summed E-state index contributed by atoms with van der Waals surface area (Å²) in [7, 11) is -1.20. The Hall–Kier alpha value is -0.803. The first-order chi connectivity index (χ1) is 5.99. The van der Waals surface area contributed by atoms with E-state index in [-0.39, 0.29) is 0 Å². The predicted molar refractivity (Wildman–Crippen MR) is 56.2 cm³/mol. The molecule has 2 nitrogen and oxygen atoms in total. The maximum absolute atomic E-state index is 9.65. The highest BCUT2D eigenvalue weighted by Crippen LogP contribution is 2.15. The Balaban J connectivity index is 2.61. The van der Waals surface area contributed by atoms with Crippen LogP contribution in [0.2, 0.25) is 19.6 Å². The highest BCUT2D eigenvalue weighted by atomic mass is 28.3. The Morgan fingerprint density at radius 3 is 2.62 bits per heavy atom. The number of furan rings is 1. The molecule has 0 fully saturated rings. The van der Waals surface area contributed by atoms with Crippen LogP contribution in [0.4, 0.5) is 0 Å². The van der Waals surface area contributed by atoms with Crippen LogP contribution < -0.4 is 0 Å². The van der Waals surface area contributed by atoms with E-state index in [1.54, 1.807) is 18.6 Å². The standard InChI is InChI=1S/C10H16O2Si/c1-13(2,3)7-5-10(11)9-4-6-12-8-9/h4-8,10-11H,1-3H3/b7-5+. The highest BCUT2D eigenvalue weighted by molar-refractivity contribution is 6.80. The molecule has 0 aliphatic carbocycles. The molecule has 13 heavy (non-hydrogen) atoms. The van der Waals surface area contributed by atoms with Gasteiger partial charge < -0.3 is 9.52 Å². The van der Waals surface area contributed by atoms with Gasteiger partial charge in [-0.2, -0.15) is 0 Å². The van der Waals surface area contributed by atoms with Crippen molar-refractivity contribution in [1.29, 1.82) is 0 Å². The molecule has 0 aliphatic heterocycles. The molecule has 0 spiro atoms. The first-order valence-corrected chi connectivity index (χ1v) is 7.96. The van der Waals surface area contributed by atoms with E-state index in [4.69, 9.17) is 4.42 Å². The summed E-state index contributed by atoms with van der Waals surface area (Å²) in [6.07, 6.45) is 4.46. The van der Waals surface area contributed by atoms with Gasteiger partial charge in [-0.1, -0.05) is 31.4 Å². The maximum atomic E-state index is 9.65. The van der Waals surface area contributed by atoms with Crippen molar-refractivity contribution >= 4 is 8.07 Å². The second kappa shape index (κ2) is 3.94. The molecule has 1 atom stereocenters. The van der Waals surface area contributed by atoms with Crippen molar-refractivity contribution in [1.82, 2.24) is 0 Å². The summed E-state index contributed by atoms with van der Waals surface area (Å²) in [5.74, 6) is 0. The summed E-state index contributed by atoms with van der Waals surface area (Å²) < 4.78 is 4.89. The van der Waals surface area contributed by atoms with Crippen LogP contribution >= 0.6 is 0 Å². The van der Waals surface area contributed by atoms with Gasteiger partial charge in [0.1, 0.15) is 0 Å². The van der Waals surface area contributed by atoms with Crippen molar-refractivity contribution in [3.8, 4) is 0 Å². The first kappa shape index (κ1) is 10.3. The van der Waals surface area contributed by atoms with Crippen LogP contribution in [0.25, 0.3) is 0 Å². The third kappa shape index (κ3) is 3.61. The van der Waals surface area contributed by atoms with Gasteiger partial charge in [0.05, 0.1) is 26.7 Å². The molecule has 1 rings (SSSR count). The fourth-order valence-corrected chi connectivity index (χ4v) is 1.69. The van der Waals surface area contributed by atoms with Gasteiger partial charge in [-0.3, -0.25) is 0 Å². The molecule has 1 N–H and O–H groups in total. The summed E-state index contributed by atoms with van der Waals surface area (Å²) in [5.41, 5.74) is 2.94. The minimum absolute atomic E-state index is 0.523. The molecule has 1 aromatic heterocycles. The second-order valence-electron chi connectivity index (χ2n) is 4.23. The molecule has 0 saturated carbocycles. The van der Waals surface area contributed by atoms with Gasteiger partial charge in [0.2, 0.25) is 0 Å². The van der Waals surface area contributed by atoms with Crippen molar-refractivity contribution in [2.75, 3.05) is 0 Å². The molecule has 0 aromatic carbocycles. The molecule has 3 heteroatoms. The Morgan fingerprint density at radius 1 is 1.46 bits per heavy atom. The smallest absolute Gasteiger partial charge is 0.0999 e. The number of aliphatic hydroxyl groups is 1. The van der Waals surface area contributed by atoms with Crippen molar-refractivity contribution in [2.45, 2.75) is 25.7 Å². The van der Waals surface area contributed by atoms with Crippen LogP contribution in [0.3, 0.4) is 0 Å². The van der Waals surface area contributed by atoms with E-state index in [1.165, 1.54) is 0 Å². The summed E-state index contributed by atoms with van der Waals surface area (Å²) in [4.78, 5) is 0. The third-order valence-corrected chi connectivity index (χ3v) is 2.86. The van der Waals surface area contributed by atoms with Crippen molar-refractivity contribution < 1.29 is 9.52 Å². The van der Waals surface area contributed by atoms with Gasteiger partial charge in [0.15, 0.2) is 0 Å². The lowest BCUT2D eigenvalue weighted by Crippen LogP contribution is -2.15. The molecular weight excluding hydrogens is 180 g/mol. The van der Waals surface area contributed by atoms with Crippen LogP contribution in [0.1, 0.15) is 11.7 Å². The molecule has 0 saturated heterocycles. The van der Waals surface area contributed by atoms with Crippen molar-refractivity contribution in [2.24, 2.45) is 0 Å². The SMILES string of the molecule is C[Si](C)(C)/C=C/C(O)c1ccoc1. The Morgan fingerprint density at radius 2 is 2.15 bits per heavy atom. The monoisotopic (exact) mass is 196 g/mol. The second-order valence-corrected chi connectivity index (χ2v) is 9.29. The minimum Gasteiger partial charge on any atom is -0.472 e. The summed E-state index contributed by atoms with van der Waals surface area (Å²) in [6.45, 7) is 6.68. The molecule has 1 aromatic rings. The zero-order valence-corrected chi connectivity index (χ0v) is 9.32. The van der Waals surface area contributed by atoms with E-state index in [0.29, 0.717) is 0 Å². The Labute approximate surface area is 79.9 Å². The van der Waals surface area contributed by atoms with Crippen LogP contribution in [0.5, 0.6) is 0 Å². The molecule has 0 aliphatic rings. The van der Waals surface area contributed by atoms with Gasteiger partial charge in [-0.15, -0.1) is 0 Å². The van der Waals surface area contributed by atoms with Gasteiger partial charge in [-0.05, 0) is 6.07 Å². The number of rotatable bonds is 3. The van der Waals surface area contributed by atoms with E-state index < -0.39 is 14.2 Å². The van der Waals surface area contributed by atoms with E-state index in [9.17, 15) is 5.11 Å². The molecule has 1 unspecified atom stereocenters. The van der Waals surface area contributed by atoms with E-state index in [2.05, 4.69) is 25.3 Å². The fraction of sp³-hybridized carbons (Fsp3) is 0.400. The average Bonchev–Trinajstić information content (AvgIpc) is 2.50. The summed E-state index contributed by atoms with van der Waals surface area (Å²) in [5, 5.41) is 9.65. The first-order valence-electron chi connectivity index (χ1n) is 4.38. The van der Waals surface area contributed by atoms with Crippen LogP contribution in [-0.2, 0) is 0 Å². The predicted octanol–water partition coefficient (Wildman–Crippen LogP) is 2.75. The Bertz CT molecular complexity index is 270. The lowest BCUT2D eigenvalue weighted by atomic mass is 10.2. The van der Waals surface area contributed by atoms with Crippen LogP contribution in [0.15, 0.2) is 34.8 Å². The Kier molecular flexibility index (Phi) is 3.11. The van der Waals surface area contributed by atoms with Crippen molar-refractivity contribution in [3.05, 3.63) is 35.9 Å². The summed E-state index contributed by atoms with van der Waals surface area (Å²) >= 11 is 0. The number of hydrogen-bond acceptors (Lipinski definition) is 2. The topological polar surface area (TPSA) is 33.4 Å². The molecule has 0 amide bonds. The van der Waals surface area contributed by atoms with Gasteiger partial charge in [0, 0.05) is 5.56 Å². The average molecular weight is 196 g/mol. The molecule has 0 bridgehead atoms. The quantitative estimate of drug-likeness (QED) is 0.754. The largest absolute Gasteiger partial charge is 0.472 e. The zero-order chi connectivity index (χ0) is 9.90. The molecule has 72 valence electrons. The maximum Gasteiger partial charge on any atom is 0.0999 e. The van der Waals surface area contributed by atoms with E-state index in [0.717, 1.165) is 5.56 Å². The van der Waals surface area contributed by atoms with Crippen LogP contribution in [-0.4, -0.2) is 13.2 Å². The lowest BCUT2D eigenvalue weighted by molar-refractivity contribution is 0.227. The van der Waals surface area contributed by atoms with Gasteiger partial charge in [0.25, 0.3) is 0 Å². The van der Waals surface area contributed by atoms with Gasteiger partial charge >= 0.3 is 0 Å². The van der Waals surface area contributed by atoms with Crippen molar-refractivity contribution in [3.63, 3.8) is 0 Å². The molecule has 0 radical (unpaired) electrons.